The summed E-state index contributed by atoms with van der Waals surface area (Å²) in [5.74, 6) is -0.435. The average Bonchev–Trinajstić information content (AvgIpc) is 1.95. The molecule has 0 atom stereocenters. The zero-order valence-electron chi connectivity index (χ0n) is 5.20. The Kier molecular flexibility index (Phi) is 2.12. The van der Waals surface area contributed by atoms with Gasteiger partial charge in [-0.15, -0.1) is 0 Å². The van der Waals surface area contributed by atoms with Crippen molar-refractivity contribution in [2.45, 2.75) is 0 Å². The molecule has 10 heavy (non-hydrogen) atoms. The summed E-state index contributed by atoms with van der Waals surface area (Å²) in [4.78, 5) is 0. The molecule has 0 aliphatic carbocycles. The third kappa shape index (κ3) is 1.39. The molecule has 1 N–H and O–H groups in total. The molecule has 0 fully saturated rings. The maximum Gasteiger partial charge on any atom is 0.143 e. The summed E-state index contributed by atoms with van der Waals surface area (Å²) >= 11 is 5.41. The zero-order valence-corrected chi connectivity index (χ0v) is 5.95. The molecule has 1 aromatic carbocycles. The Morgan fingerprint density at radius 3 is 2.70 bits per heavy atom. The molecular weight excluding hydrogens is 153 g/mol. The van der Waals surface area contributed by atoms with Crippen molar-refractivity contribution in [2.24, 2.45) is 0 Å². The first-order valence-corrected chi connectivity index (χ1v) is 3.10. The van der Waals surface area contributed by atoms with E-state index in [0.717, 1.165) is 0 Å². The molecule has 0 saturated heterocycles. The van der Waals surface area contributed by atoms with Crippen LogP contribution in [0.15, 0.2) is 18.2 Å². The molecule has 1 rings (SSSR count). The summed E-state index contributed by atoms with van der Waals surface area (Å²) in [6.07, 6.45) is 0. The van der Waals surface area contributed by atoms with E-state index in [-0.39, 0.29) is 5.02 Å². The Morgan fingerprint density at radius 2 is 2.20 bits per heavy atom. The van der Waals surface area contributed by atoms with E-state index in [9.17, 15) is 4.39 Å². The number of hydrogen-bond acceptors (Lipinski definition) is 1. The van der Waals surface area contributed by atoms with Gasteiger partial charge in [-0.25, -0.2) is 4.39 Å². The van der Waals surface area contributed by atoms with Crippen LogP contribution in [0.4, 0.5) is 10.1 Å². The highest BCUT2D eigenvalue weighted by Gasteiger charge is 1.97. The summed E-state index contributed by atoms with van der Waals surface area (Å²) in [5.41, 5.74) is 0.613. The van der Waals surface area contributed by atoms with E-state index in [1.54, 1.807) is 6.07 Å². The fraction of sp³-hybridized carbons (Fsp3) is 0. The van der Waals surface area contributed by atoms with Crippen LogP contribution in [0.5, 0.6) is 0 Å². The van der Waals surface area contributed by atoms with Gasteiger partial charge in [0.25, 0.3) is 0 Å². The van der Waals surface area contributed by atoms with Gasteiger partial charge in [-0.3, -0.25) is 0 Å². The first-order chi connectivity index (χ1) is 4.74. The van der Waals surface area contributed by atoms with Crippen molar-refractivity contribution in [1.82, 2.24) is 0 Å². The molecule has 0 aromatic heterocycles. The molecule has 53 valence electrons. The lowest BCUT2D eigenvalue weighted by atomic mass is 10.3. The van der Waals surface area contributed by atoms with Crippen LogP contribution < -0.4 is 5.32 Å². The first kappa shape index (κ1) is 7.35. The monoisotopic (exact) mass is 158 g/mol. The van der Waals surface area contributed by atoms with Crippen LogP contribution in [-0.4, -0.2) is 0 Å². The second-order valence-corrected chi connectivity index (χ2v) is 2.21. The molecule has 1 nitrogen and oxygen atoms in total. The molecule has 1 aromatic rings. The fourth-order valence-corrected chi connectivity index (χ4v) is 0.724. The highest BCUT2D eigenvalue weighted by Crippen LogP contribution is 2.17. The molecule has 0 saturated carbocycles. The minimum absolute atomic E-state index is 0.124. The van der Waals surface area contributed by atoms with Crippen molar-refractivity contribution >= 4 is 17.3 Å². The number of benzene rings is 1. The van der Waals surface area contributed by atoms with Crippen LogP contribution in [0.2, 0.25) is 5.02 Å². The molecule has 0 spiro atoms. The van der Waals surface area contributed by atoms with Crippen molar-refractivity contribution in [3.05, 3.63) is 36.1 Å². The van der Waals surface area contributed by atoms with Crippen LogP contribution in [0.3, 0.4) is 0 Å². The van der Waals surface area contributed by atoms with Gasteiger partial charge in [-0.05, 0) is 18.2 Å². The highest BCUT2D eigenvalue weighted by molar-refractivity contribution is 6.30. The standard InChI is InChI=1S/C7H6ClFN/c1-10-5-2-3-6(8)7(9)4-5/h2-4,10H,1H2. The fourth-order valence-electron chi connectivity index (χ4n) is 0.606. The molecule has 0 heterocycles. The maximum atomic E-state index is 12.6. The molecule has 0 unspecified atom stereocenters. The molecule has 0 aliphatic heterocycles. The van der Waals surface area contributed by atoms with Gasteiger partial charge in [-0.1, -0.05) is 11.6 Å². The largest absolute Gasteiger partial charge is 0.383 e. The van der Waals surface area contributed by atoms with Crippen LogP contribution >= 0.6 is 11.6 Å². The van der Waals surface area contributed by atoms with E-state index in [1.807, 2.05) is 0 Å². The first-order valence-electron chi connectivity index (χ1n) is 2.72. The maximum absolute atomic E-state index is 12.6. The smallest absolute Gasteiger partial charge is 0.143 e. The second kappa shape index (κ2) is 2.88. The average molecular weight is 159 g/mol. The van der Waals surface area contributed by atoms with E-state index in [1.165, 1.54) is 12.1 Å². The van der Waals surface area contributed by atoms with Crippen molar-refractivity contribution in [3.63, 3.8) is 0 Å². The van der Waals surface area contributed by atoms with E-state index in [4.69, 9.17) is 11.6 Å². The second-order valence-electron chi connectivity index (χ2n) is 1.81. The van der Waals surface area contributed by atoms with Crippen molar-refractivity contribution in [2.75, 3.05) is 5.32 Å². The molecule has 3 heteroatoms. The summed E-state index contributed by atoms with van der Waals surface area (Å²) in [7, 11) is 3.37. The van der Waals surface area contributed by atoms with Crippen LogP contribution in [0.25, 0.3) is 0 Å². The van der Waals surface area contributed by atoms with E-state index in [0.29, 0.717) is 5.69 Å². The van der Waals surface area contributed by atoms with Gasteiger partial charge in [0.2, 0.25) is 0 Å². The summed E-state index contributed by atoms with van der Waals surface area (Å²) in [6, 6.07) is 4.41. The van der Waals surface area contributed by atoms with Gasteiger partial charge in [0.05, 0.1) is 5.02 Å². The van der Waals surface area contributed by atoms with Crippen molar-refractivity contribution in [3.8, 4) is 0 Å². The van der Waals surface area contributed by atoms with Crippen LogP contribution in [0.1, 0.15) is 0 Å². The summed E-state index contributed by atoms with van der Waals surface area (Å²) in [6.45, 7) is 0. The Balaban J connectivity index is 3.04. The Morgan fingerprint density at radius 1 is 1.50 bits per heavy atom. The van der Waals surface area contributed by atoms with Crippen molar-refractivity contribution < 1.29 is 4.39 Å². The third-order valence-corrected chi connectivity index (χ3v) is 1.43. The number of rotatable bonds is 1. The number of hydrogen-bond donors (Lipinski definition) is 1. The van der Waals surface area contributed by atoms with Gasteiger partial charge in [0.15, 0.2) is 0 Å². The van der Waals surface area contributed by atoms with Crippen molar-refractivity contribution in [1.29, 1.82) is 0 Å². The predicted octanol–water partition coefficient (Wildman–Crippen LogP) is 2.68. The SMILES string of the molecule is [CH2]Nc1ccc(Cl)c(F)c1. The van der Waals surface area contributed by atoms with E-state index < -0.39 is 5.82 Å². The zero-order chi connectivity index (χ0) is 7.56. The van der Waals surface area contributed by atoms with E-state index >= 15 is 0 Å². The van der Waals surface area contributed by atoms with Gasteiger partial charge in [0.1, 0.15) is 5.82 Å². The van der Waals surface area contributed by atoms with Gasteiger partial charge >= 0.3 is 0 Å². The van der Waals surface area contributed by atoms with Crippen LogP contribution in [0, 0.1) is 12.9 Å². The lowest BCUT2D eigenvalue weighted by Gasteiger charge is -1.98. The number of nitrogens with one attached hydrogen (secondary N) is 1. The van der Waals surface area contributed by atoms with E-state index in [2.05, 4.69) is 12.4 Å². The minimum atomic E-state index is -0.435. The Labute approximate surface area is 63.8 Å². The Hall–Kier alpha value is -0.760. The normalized spacial score (nSPS) is 9.50. The molecule has 0 aliphatic rings. The molecule has 1 radical (unpaired) electrons. The molecule has 0 bridgehead atoms. The number of anilines is 1. The summed E-state index contributed by atoms with van der Waals surface area (Å²) < 4.78 is 12.6. The van der Waals surface area contributed by atoms with Gasteiger partial charge < -0.3 is 5.32 Å². The van der Waals surface area contributed by atoms with Gasteiger partial charge in [-0.2, -0.15) is 0 Å². The molecule has 0 amide bonds. The lowest BCUT2D eigenvalue weighted by molar-refractivity contribution is 0.629. The highest BCUT2D eigenvalue weighted by atomic mass is 35.5. The van der Waals surface area contributed by atoms with Crippen LogP contribution in [-0.2, 0) is 0 Å². The lowest BCUT2D eigenvalue weighted by Crippen LogP contribution is -1.85. The third-order valence-electron chi connectivity index (χ3n) is 1.12. The quantitative estimate of drug-likeness (QED) is 0.663. The topological polar surface area (TPSA) is 12.0 Å². The molecular formula is C7H6ClFN. The predicted molar refractivity (Wildman–Crippen MR) is 40.4 cm³/mol. The summed E-state index contributed by atoms with van der Waals surface area (Å²) in [5, 5.41) is 2.67. The number of halogens is 2. The minimum Gasteiger partial charge on any atom is -0.383 e. The Bertz CT molecular complexity index is 237. The van der Waals surface area contributed by atoms with Gasteiger partial charge in [0, 0.05) is 12.7 Å².